The summed E-state index contributed by atoms with van der Waals surface area (Å²) in [6, 6.07) is 0. The molecule has 3 aliphatic rings. The number of rotatable bonds is 9. The summed E-state index contributed by atoms with van der Waals surface area (Å²) >= 11 is 0. The predicted molar refractivity (Wildman–Crippen MR) is 130 cm³/mol. The van der Waals surface area contributed by atoms with Gasteiger partial charge >= 0.3 is 0 Å². The second-order valence-corrected chi connectivity index (χ2v) is 11.2. The van der Waals surface area contributed by atoms with Crippen molar-refractivity contribution < 1.29 is 19.2 Å². The quantitative estimate of drug-likeness (QED) is 0.407. The Balaban J connectivity index is 1.68. The van der Waals surface area contributed by atoms with Crippen LogP contribution in [0, 0.1) is 16.2 Å². The Morgan fingerprint density at radius 3 is 1.24 bits per heavy atom. The van der Waals surface area contributed by atoms with Crippen LogP contribution >= 0.6 is 0 Å². The Labute approximate surface area is 203 Å². The van der Waals surface area contributed by atoms with Gasteiger partial charge in [-0.1, -0.05) is 57.8 Å². The van der Waals surface area contributed by atoms with E-state index in [1.165, 1.54) is 6.92 Å². The lowest BCUT2D eigenvalue weighted by Gasteiger charge is -2.40. The number of carbonyl (C=O) groups is 4. The normalized spacial score (nSPS) is 23.3. The van der Waals surface area contributed by atoms with Gasteiger partial charge < -0.3 is 21.7 Å². The van der Waals surface area contributed by atoms with Crippen LogP contribution in [0.3, 0.4) is 0 Å². The van der Waals surface area contributed by atoms with Crippen LogP contribution in [0.25, 0.3) is 0 Å². The maximum atomic E-state index is 13.5. The van der Waals surface area contributed by atoms with Crippen LogP contribution in [0.4, 0.5) is 0 Å². The molecule has 3 rings (SSSR count). The third-order valence-electron chi connectivity index (χ3n) is 8.77. The number of carbonyl (C=O) groups excluding carboxylic acids is 4. The first kappa shape index (κ1) is 26.5. The van der Waals surface area contributed by atoms with Crippen LogP contribution in [0.1, 0.15) is 103 Å². The van der Waals surface area contributed by atoms with Crippen molar-refractivity contribution in [2.24, 2.45) is 22.0 Å². The molecule has 0 spiro atoms. The number of amides is 4. The van der Waals surface area contributed by atoms with Crippen LogP contribution < -0.4 is 21.7 Å². The monoisotopic (exact) mass is 476 g/mol. The second kappa shape index (κ2) is 11.5. The van der Waals surface area contributed by atoms with E-state index in [1.54, 1.807) is 0 Å². The molecule has 5 N–H and O–H groups in total. The third-order valence-corrected chi connectivity index (χ3v) is 8.77. The molecule has 8 heteroatoms. The van der Waals surface area contributed by atoms with E-state index in [-0.39, 0.29) is 30.2 Å². The van der Waals surface area contributed by atoms with E-state index in [4.69, 9.17) is 5.73 Å². The predicted octanol–water partition coefficient (Wildman–Crippen LogP) is 2.69. The minimum absolute atomic E-state index is 0.0559. The Hall–Kier alpha value is -2.12. The second-order valence-electron chi connectivity index (χ2n) is 11.2. The van der Waals surface area contributed by atoms with E-state index in [2.05, 4.69) is 16.0 Å². The van der Waals surface area contributed by atoms with Crippen molar-refractivity contribution >= 4 is 23.6 Å². The molecular weight excluding hydrogens is 432 g/mol. The molecule has 0 unspecified atom stereocenters. The van der Waals surface area contributed by atoms with Crippen molar-refractivity contribution in [2.45, 2.75) is 103 Å². The van der Waals surface area contributed by atoms with E-state index in [0.717, 1.165) is 96.3 Å². The lowest BCUT2D eigenvalue weighted by Crippen LogP contribution is -2.56. The molecule has 0 aromatic carbocycles. The van der Waals surface area contributed by atoms with E-state index in [9.17, 15) is 19.2 Å². The number of nitrogens with one attached hydrogen (secondary N) is 3. The zero-order chi connectivity index (χ0) is 24.7. The highest BCUT2D eigenvalue weighted by molar-refractivity contribution is 5.87. The smallest absolute Gasteiger partial charge is 0.228 e. The summed E-state index contributed by atoms with van der Waals surface area (Å²) in [5, 5.41) is 9.08. The van der Waals surface area contributed by atoms with Gasteiger partial charge in [0.05, 0.1) is 16.2 Å². The molecule has 3 saturated carbocycles. The molecular formula is C26H44N4O4. The molecule has 0 radical (unpaired) electrons. The van der Waals surface area contributed by atoms with Gasteiger partial charge in [0.2, 0.25) is 23.6 Å². The Kier molecular flexibility index (Phi) is 8.99. The molecule has 0 bridgehead atoms. The van der Waals surface area contributed by atoms with Gasteiger partial charge in [-0.05, 0) is 38.5 Å². The topological polar surface area (TPSA) is 130 Å². The van der Waals surface area contributed by atoms with Gasteiger partial charge in [0.25, 0.3) is 0 Å². The average Bonchev–Trinajstić information content (AvgIpc) is 2.86. The molecule has 192 valence electrons. The highest BCUT2D eigenvalue weighted by Crippen LogP contribution is 2.40. The first-order valence-corrected chi connectivity index (χ1v) is 13.3. The fourth-order valence-electron chi connectivity index (χ4n) is 6.33. The van der Waals surface area contributed by atoms with Crippen LogP contribution in [-0.4, -0.2) is 43.3 Å². The van der Waals surface area contributed by atoms with E-state index in [0.29, 0.717) is 13.1 Å². The highest BCUT2D eigenvalue weighted by Gasteiger charge is 2.45. The highest BCUT2D eigenvalue weighted by atomic mass is 16.2. The maximum absolute atomic E-state index is 13.5. The summed E-state index contributed by atoms with van der Waals surface area (Å²) in [5.41, 5.74) is 3.85. The minimum atomic E-state index is -0.661. The molecule has 0 heterocycles. The molecule has 34 heavy (non-hydrogen) atoms. The van der Waals surface area contributed by atoms with Crippen molar-refractivity contribution in [3.05, 3.63) is 0 Å². The largest absolute Gasteiger partial charge is 0.369 e. The molecule has 0 aromatic rings. The van der Waals surface area contributed by atoms with Gasteiger partial charge in [0.1, 0.15) is 0 Å². The number of hydrogen-bond donors (Lipinski definition) is 4. The van der Waals surface area contributed by atoms with E-state index < -0.39 is 16.2 Å². The average molecular weight is 477 g/mol. The number of nitrogens with two attached hydrogens (primary N) is 1. The Bertz CT molecular complexity index is 748. The molecule has 0 atom stereocenters. The SMILES string of the molecule is CC(=O)NCC1(C(=O)NCC2(C(=O)NCC3(C(N)=O)CCCCC3)CCCCC2)CCCCC1. The van der Waals surface area contributed by atoms with Crippen molar-refractivity contribution in [3.63, 3.8) is 0 Å². The Morgan fingerprint density at radius 2 is 0.882 bits per heavy atom. The summed E-state index contributed by atoms with van der Waals surface area (Å²) in [6.45, 7) is 2.39. The fourth-order valence-corrected chi connectivity index (χ4v) is 6.33. The van der Waals surface area contributed by atoms with Gasteiger partial charge in [-0.3, -0.25) is 19.2 Å². The molecule has 0 saturated heterocycles. The molecule has 8 nitrogen and oxygen atoms in total. The first-order valence-electron chi connectivity index (χ1n) is 13.3. The Morgan fingerprint density at radius 1 is 0.559 bits per heavy atom. The van der Waals surface area contributed by atoms with Crippen molar-refractivity contribution in [3.8, 4) is 0 Å². The zero-order valence-electron chi connectivity index (χ0n) is 20.9. The third kappa shape index (κ3) is 6.11. The van der Waals surface area contributed by atoms with Crippen molar-refractivity contribution in [1.29, 1.82) is 0 Å². The van der Waals surface area contributed by atoms with Crippen LogP contribution in [0.5, 0.6) is 0 Å². The summed E-state index contributed by atoms with van der Waals surface area (Å²) in [6.07, 6.45) is 13.4. The minimum Gasteiger partial charge on any atom is -0.369 e. The summed E-state index contributed by atoms with van der Waals surface area (Å²) in [5.74, 6) is -0.583. The molecule has 3 aliphatic carbocycles. The molecule has 4 amide bonds. The number of primary amides is 1. The standard InChI is InChI=1S/C26H44N4O4/c1-20(31)28-18-25(13-7-3-8-14-25)22(33)30-19-26(15-9-4-10-16-26)23(34)29-17-24(21(27)32)11-5-2-6-12-24/h2-19H2,1H3,(H2,27,32)(H,28,31)(H,29,34)(H,30,33). The van der Waals surface area contributed by atoms with Crippen molar-refractivity contribution in [1.82, 2.24) is 16.0 Å². The van der Waals surface area contributed by atoms with Crippen LogP contribution in [0.15, 0.2) is 0 Å². The van der Waals surface area contributed by atoms with Gasteiger partial charge in [0, 0.05) is 26.6 Å². The van der Waals surface area contributed by atoms with Crippen molar-refractivity contribution in [2.75, 3.05) is 19.6 Å². The van der Waals surface area contributed by atoms with Gasteiger partial charge in [0.15, 0.2) is 0 Å². The van der Waals surface area contributed by atoms with E-state index in [1.807, 2.05) is 0 Å². The van der Waals surface area contributed by atoms with Crippen LogP contribution in [0.2, 0.25) is 0 Å². The summed E-state index contributed by atoms with van der Waals surface area (Å²) in [4.78, 5) is 50.8. The van der Waals surface area contributed by atoms with Gasteiger partial charge in [-0.2, -0.15) is 0 Å². The number of hydrogen-bond acceptors (Lipinski definition) is 4. The van der Waals surface area contributed by atoms with E-state index >= 15 is 0 Å². The molecule has 0 aromatic heterocycles. The maximum Gasteiger partial charge on any atom is 0.228 e. The summed E-state index contributed by atoms with van der Waals surface area (Å²) < 4.78 is 0. The lowest BCUT2D eigenvalue weighted by atomic mass is 9.70. The first-order chi connectivity index (χ1) is 16.2. The molecule has 0 aliphatic heterocycles. The molecule has 3 fully saturated rings. The van der Waals surface area contributed by atoms with Crippen LogP contribution in [-0.2, 0) is 19.2 Å². The van der Waals surface area contributed by atoms with Gasteiger partial charge in [-0.25, -0.2) is 0 Å². The summed E-state index contributed by atoms with van der Waals surface area (Å²) in [7, 11) is 0. The zero-order valence-corrected chi connectivity index (χ0v) is 20.9. The lowest BCUT2D eigenvalue weighted by molar-refractivity contribution is -0.137. The fraction of sp³-hybridized carbons (Fsp3) is 0.846. The van der Waals surface area contributed by atoms with Gasteiger partial charge in [-0.15, -0.1) is 0 Å².